The number of carbonyl (C=O) groups excluding carboxylic acids is 1. The minimum absolute atomic E-state index is 0.0110. The number of anilines is 4. The normalized spacial score (nSPS) is 14.2. The maximum Gasteiger partial charge on any atom is 0.393 e. The lowest BCUT2D eigenvalue weighted by molar-refractivity contribution is -0.127. The summed E-state index contributed by atoms with van der Waals surface area (Å²) in [5.41, 5.74) is -2.63. The first-order chi connectivity index (χ1) is 20.5. The zero-order valence-corrected chi connectivity index (χ0v) is 24.7. The van der Waals surface area contributed by atoms with E-state index in [-0.39, 0.29) is 56.6 Å². The number of carboxylic acid groups (broad SMARTS) is 1. The number of hydrogen-bond acceptors (Lipinski definition) is 7. The molecule has 13 heteroatoms. The number of alkyl halides is 3. The van der Waals surface area contributed by atoms with E-state index in [1.54, 1.807) is 19.1 Å². The van der Waals surface area contributed by atoms with Gasteiger partial charge >= 0.3 is 12.1 Å². The molecule has 0 saturated heterocycles. The van der Waals surface area contributed by atoms with Crippen molar-refractivity contribution in [3.05, 3.63) is 102 Å². The fourth-order valence-electron chi connectivity index (χ4n) is 5.26. The number of nitrogens with zero attached hydrogens (tertiary/aromatic N) is 1. The summed E-state index contributed by atoms with van der Waals surface area (Å²) in [5, 5.41) is 15.9. The second-order valence-corrected chi connectivity index (χ2v) is 12.1. The molecule has 1 aliphatic rings. The van der Waals surface area contributed by atoms with E-state index in [1.807, 2.05) is 20.8 Å². The molecule has 3 N–H and O–H groups in total. The number of carbonyl (C=O) groups is 2. The van der Waals surface area contributed by atoms with Crippen molar-refractivity contribution in [2.45, 2.75) is 52.9 Å². The van der Waals surface area contributed by atoms with Gasteiger partial charge in [0.15, 0.2) is 0 Å². The molecule has 4 aromatic rings. The summed E-state index contributed by atoms with van der Waals surface area (Å²) in [4.78, 5) is 52.2. The quantitative estimate of drug-likeness (QED) is 0.183. The van der Waals surface area contributed by atoms with Crippen molar-refractivity contribution in [3.63, 3.8) is 0 Å². The third-order valence-electron chi connectivity index (χ3n) is 7.39. The highest BCUT2D eigenvalue weighted by Crippen LogP contribution is 2.41. The third kappa shape index (κ3) is 5.69. The Morgan fingerprint density at radius 3 is 2.32 bits per heavy atom. The number of aryl methyl sites for hydroxylation is 1. The molecule has 0 unspecified atom stereocenters. The van der Waals surface area contributed by atoms with E-state index in [0.717, 1.165) is 23.1 Å². The van der Waals surface area contributed by atoms with Crippen LogP contribution < -0.4 is 26.4 Å². The van der Waals surface area contributed by atoms with Crippen LogP contribution in [0.4, 0.5) is 35.9 Å². The smallest absolute Gasteiger partial charge is 0.393 e. The summed E-state index contributed by atoms with van der Waals surface area (Å²) in [6.07, 6.45) is -5.88. The second kappa shape index (κ2) is 10.8. The highest BCUT2D eigenvalue weighted by atomic mass is 35.5. The molecule has 0 fully saturated rings. The molecule has 1 aliphatic heterocycles. The van der Waals surface area contributed by atoms with Crippen LogP contribution in [0.1, 0.15) is 70.2 Å². The fourth-order valence-corrected chi connectivity index (χ4v) is 5.48. The zero-order valence-electron chi connectivity index (χ0n) is 24.0. The van der Waals surface area contributed by atoms with Gasteiger partial charge in [0.2, 0.25) is 0 Å². The Hall–Kier alpha value is -4.58. The minimum Gasteiger partial charge on any atom is -0.478 e. The van der Waals surface area contributed by atoms with Crippen LogP contribution in [0.15, 0.2) is 56.5 Å². The van der Waals surface area contributed by atoms with E-state index in [4.69, 9.17) is 16.0 Å². The summed E-state index contributed by atoms with van der Waals surface area (Å²) >= 11 is 6.41. The van der Waals surface area contributed by atoms with Crippen molar-refractivity contribution in [2.24, 2.45) is 5.41 Å². The van der Waals surface area contributed by atoms with Gasteiger partial charge in [0.1, 0.15) is 22.9 Å². The van der Waals surface area contributed by atoms with Gasteiger partial charge in [-0.25, -0.2) is 4.79 Å². The minimum atomic E-state index is -4.56. The number of fused-ring (bicyclic) bond motifs is 1. The molecule has 9 nitrogen and oxygen atoms in total. The lowest BCUT2D eigenvalue weighted by Gasteiger charge is -2.31. The van der Waals surface area contributed by atoms with Crippen molar-refractivity contribution >= 4 is 46.2 Å². The van der Waals surface area contributed by atoms with Gasteiger partial charge in [-0.05, 0) is 54.3 Å². The van der Waals surface area contributed by atoms with Gasteiger partial charge in [0.25, 0.3) is 16.8 Å². The molecule has 0 radical (unpaired) electrons. The van der Waals surface area contributed by atoms with Gasteiger partial charge in [0, 0.05) is 10.6 Å². The number of furan rings is 1. The van der Waals surface area contributed by atoms with Crippen LogP contribution in [-0.4, -0.2) is 23.2 Å². The number of aromatic carboxylic acids is 1. The first-order valence-corrected chi connectivity index (χ1v) is 13.8. The molecule has 44 heavy (non-hydrogen) atoms. The zero-order chi connectivity index (χ0) is 32.3. The van der Waals surface area contributed by atoms with Crippen LogP contribution in [0, 0.1) is 12.3 Å². The van der Waals surface area contributed by atoms with Crippen molar-refractivity contribution < 1.29 is 32.3 Å². The standard InChI is InChI=1S/C31H27ClF3N3O6/c1-14-5-10-21(44-14)27(30(2,3)4)37-24-23(25(39)26(24)40)36-19-9-8-18(32)17-13-38(28(41)22(17)19)20-11-15(12-31(33,34)35)6-7-16(20)29(42)43/h5-11,27,36-37H,12-13H2,1-4H3,(H,42,43)/t27-/m0/s1. The maximum absolute atomic E-state index is 13.8. The topological polar surface area (TPSA) is 129 Å². The van der Waals surface area contributed by atoms with Gasteiger partial charge in [-0.3, -0.25) is 14.4 Å². The first kappa shape index (κ1) is 30.9. The van der Waals surface area contributed by atoms with Crippen molar-refractivity contribution in [1.29, 1.82) is 0 Å². The van der Waals surface area contributed by atoms with E-state index >= 15 is 0 Å². The molecule has 0 spiro atoms. The van der Waals surface area contributed by atoms with Crippen LogP contribution in [0.3, 0.4) is 0 Å². The predicted molar refractivity (Wildman–Crippen MR) is 159 cm³/mol. The summed E-state index contributed by atoms with van der Waals surface area (Å²) in [5.74, 6) is -0.974. The third-order valence-corrected chi connectivity index (χ3v) is 7.74. The van der Waals surface area contributed by atoms with Gasteiger partial charge in [-0.2, -0.15) is 13.2 Å². The fraction of sp³-hybridized carbons (Fsp3) is 0.290. The van der Waals surface area contributed by atoms with E-state index in [1.165, 1.54) is 12.1 Å². The predicted octanol–water partition coefficient (Wildman–Crippen LogP) is 6.74. The lowest BCUT2D eigenvalue weighted by Crippen LogP contribution is -2.39. The monoisotopic (exact) mass is 629 g/mol. The Bertz CT molecular complexity index is 1880. The summed E-state index contributed by atoms with van der Waals surface area (Å²) in [7, 11) is 0. The average molecular weight is 630 g/mol. The van der Waals surface area contributed by atoms with E-state index in [2.05, 4.69) is 10.6 Å². The largest absolute Gasteiger partial charge is 0.478 e. The van der Waals surface area contributed by atoms with Gasteiger partial charge in [0.05, 0.1) is 41.5 Å². The van der Waals surface area contributed by atoms with Crippen molar-refractivity contribution in [3.8, 4) is 0 Å². The molecule has 0 aliphatic carbocycles. The Kier molecular flexibility index (Phi) is 7.61. The molecular formula is C31H27ClF3N3O6. The SMILES string of the molecule is Cc1ccc([C@H](Nc2c(Nc3ccc(Cl)c4c3C(=O)N(c3cc(CC(F)(F)F)ccc3C(=O)O)C4)c(=O)c2=O)C(C)(C)C)o1. The summed E-state index contributed by atoms with van der Waals surface area (Å²) < 4.78 is 45.1. The Morgan fingerprint density at radius 1 is 1.05 bits per heavy atom. The summed E-state index contributed by atoms with van der Waals surface area (Å²) in [6, 6.07) is 9.01. The van der Waals surface area contributed by atoms with Crippen LogP contribution in [0.25, 0.3) is 0 Å². The molecular weight excluding hydrogens is 603 g/mol. The van der Waals surface area contributed by atoms with Gasteiger partial charge < -0.3 is 25.1 Å². The number of rotatable bonds is 8. The first-order valence-electron chi connectivity index (χ1n) is 13.5. The van der Waals surface area contributed by atoms with Gasteiger partial charge in [-0.1, -0.05) is 38.4 Å². The van der Waals surface area contributed by atoms with E-state index in [9.17, 15) is 37.5 Å². The van der Waals surface area contributed by atoms with Crippen molar-refractivity contribution in [2.75, 3.05) is 15.5 Å². The van der Waals surface area contributed by atoms with E-state index in [0.29, 0.717) is 11.5 Å². The molecule has 0 saturated carbocycles. The maximum atomic E-state index is 13.8. The number of nitrogens with one attached hydrogen (secondary N) is 2. The van der Waals surface area contributed by atoms with Gasteiger partial charge in [-0.15, -0.1) is 0 Å². The van der Waals surface area contributed by atoms with Crippen LogP contribution in [0.5, 0.6) is 0 Å². The molecule has 1 aromatic heterocycles. The molecule has 0 bridgehead atoms. The second-order valence-electron chi connectivity index (χ2n) is 11.7. The number of halogens is 4. The van der Waals surface area contributed by atoms with Crippen LogP contribution in [-0.2, 0) is 13.0 Å². The molecule has 3 aromatic carbocycles. The number of hydrogen-bond donors (Lipinski definition) is 3. The van der Waals surface area contributed by atoms with Crippen LogP contribution in [0.2, 0.25) is 5.02 Å². The number of carboxylic acids is 1. The molecule has 5 rings (SSSR count). The molecule has 230 valence electrons. The summed E-state index contributed by atoms with van der Waals surface area (Å²) in [6.45, 7) is 7.32. The Balaban J connectivity index is 1.52. The Labute approximate surface area is 253 Å². The number of benzene rings is 2. The number of amides is 1. The van der Waals surface area contributed by atoms with Crippen LogP contribution >= 0.6 is 11.6 Å². The van der Waals surface area contributed by atoms with Crippen molar-refractivity contribution in [1.82, 2.24) is 0 Å². The molecule has 1 atom stereocenters. The average Bonchev–Trinajstić information content (AvgIpc) is 3.50. The highest BCUT2D eigenvalue weighted by molar-refractivity contribution is 6.33. The molecule has 1 amide bonds. The lowest BCUT2D eigenvalue weighted by atomic mass is 9.85. The van der Waals surface area contributed by atoms with E-state index < -0.39 is 46.8 Å². The molecule has 2 heterocycles. The highest BCUT2D eigenvalue weighted by Gasteiger charge is 2.38. The Morgan fingerprint density at radius 2 is 1.73 bits per heavy atom.